The van der Waals surface area contributed by atoms with Crippen molar-refractivity contribution in [2.45, 2.75) is 39.2 Å². The van der Waals surface area contributed by atoms with Crippen LogP contribution < -0.4 is 4.90 Å². The predicted octanol–water partition coefficient (Wildman–Crippen LogP) is 1.54. The van der Waals surface area contributed by atoms with Crippen LogP contribution >= 0.6 is 0 Å². The number of hydrogen-bond acceptors (Lipinski definition) is 4. The maximum absolute atomic E-state index is 11.4. The highest BCUT2D eigenvalue weighted by Crippen LogP contribution is 2.33. The second-order valence-corrected chi connectivity index (χ2v) is 4.75. The molecule has 0 aromatic carbocycles. The first-order valence-electron chi connectivity index (χ1n) is 5.77. The molecule has 1 N–H and O–H groups in total. The summed E-state index contributed by atoms with van der Waals surface area (Å²) in [5.41, 5.74) is 0.0277. The van der Waals surface area contributed by atoms with Crippen molar-refractivity contribution in [3.8, 4) is 0 Å². The quantitative estimate of drug-likeness (QED) is 0.842. The molecule has 2 rings (SSSR count). The molecule has 17 heavy (non-hydrogen) atoms. The van der Waals surface area contributed by atoms with E-state index in [1.165, 1.54) is 0 Å². The van der Waals surface area contributed by atoms with E-state index in [2.05, 4.69) is 9.97 Å². The number of carboxylic acids is 1. The van der Waals surface area contributed by atoms with Crippen molar-refractivity contribution in [2.24, 2.45) is 0 Å². The van der Waals surface area contributed by atoms with E-state index in [4.69, 9.17) is 0 Å². The number of carboxylic acid groups (broad SMARTS) is 1. The molecule has 0 spiro atoms. The summed E-state index contributed by atoms with van der Waals surface area (Å²) in [6.45, 7) is 6.21. The van der Waals surface area contributed by atoms with Gasteiger partial charge in [0.15, 0.2) is 0 Å². The molecular formula is C12H17N3O2. The lowest BCUT2D eigenvalue weighted by Gasteiger charge is -2.32. The van der Waals surface area contributed by atoms with Gasteiger partial charge in [-0.05, 0) is 33.6 Å². The van der Waals surface area contributed by atoms with Crippen molar-refractivity contribution in [3.63, 3.8) is 0 Å². The minimum absolute atomic E-state index is 0.657. The van der Waals surface area contributed by atoms with Gasteiger partial charge in [-0.15, -0.1) is 0 Å². The van der Waals surface area contributed by atoms with E-state index in [9.17, 15) is 9.90 Å². The summed E-state index contributed by atoms with van der Waals surface area (Å²) in [4.78, 5) is 21.8. The van der Waals surface area contributed by atoms with Crippen molar-refractivity contribution in [1.29, 1.82) is 0 Å². The van der Waals surface area contributed by atoms with Gasteiger partial charge in [-0.3, -0.25) is 0 Å². The maximum Gasteiger partial charge on any atom is 0.329 e. The van der Waals surface area contributed by atoms with Gasteiger partial charge in [0.2, 0.25) is 0 Å². The zero-order chi connectivity index (χ0) is 12.6. The molecular weight excluding hydrogens is 218 g/mol. The summed E-state index contributed by atoms with van der Waals surface area (Å²) >= 11 is 0. The monoisotopic (exact) mass is 235 g/mol. The van der Waals surface area contributed by atoms with Gasteiger partial charge < -0.3 is 10.0 Å². The lowest BCUT2D eigenvalue weighted by molar-refractivity contribution is -0.142. The minimum atomic E-state index is -0.840. The van der Waals surface area contributed by atoms with Crippen molar-refractivity contribution < 1.29 is 9.90 Å². The normalized spacial score (nSPS) is 24.1. The van der Waals surface area contributed by atoms with Crippen molar-refractivity contribution in [2.75, 3.05) is 11.4 Å². The van der Waals surface area contributed by atoms with Crippen LogP contribution in [0.15, 0.2) is 6.07 Å². The number of aliphatic carboxylic acids is 1. The molecule has 0 amide bonds. The third-order valence-electron chi connectivity index (χ3n) is 3.33. The minimum Gasteiger partial charge on any atom is -0.480 e. The number of aromatic nitrogens is 2. The van der Waals surface area contributed by atoms with E-state index < -0.39 is 11.5 Å². The Balaban J connectivity index is 2.42. The average molecular weight is 235 g/mol. The van der Waals surface area contributed by atoms with E-state index in [1.54, 1.807) is 6.92 Å². The van der Waals surface area contributed by atoms with Crippen LogP contribution in [0, 0.1) is 13.8 Å². The second-order valence-electron chi connectivity index (χ2n) is 4.75. The third kappa shape index (κ3) is 1.97. The van der Waals surface area contributed by atoms with Crippen molar-refractivity contribution in [1.82, 2.24) is 9.97 Å². The molecule has 0 bridgehead atoms. The fourth-order valence-electron chi connectivity index (χ4n) is 2.39. The molecule has 1 aromatic rings. The Morgan fingerprint density at radius 3 is 2.76 bits per heavy atom. The molecule has 0 saturated carbocycles. The van der Waals surface area contributed by atoms with Crippen LogP contribution in [-0.4, -0.2) is 33.1 Å². The van der Waals surface area contributed by atoms with Gasteiger partial charge >= 0.3 is 5.97 Å². The molecule has 1 atom stereocenters. The van der Waals surface area contributed by atoms with Crippen LogP contribution in [-0.2, 0) is 4.79 Å². The molecule has 1 saturated heterocycles. The van der Waals surface area contributed by atoms with Gasteiger partial charge in [-0.1, -0.05) is 0 Å². The number of carbonyl (C=O) groups is 1. The first kappa shape index (κ1) is 11.8. The summed E-state index contributed by atoms with van der Waals surface area (Å²) in [5.74, 6) is 0.612. The molecule has 92 valence electrons. The molecule has 1 aliphatic rings. The zero-order valence-electron chi connectivity index (χ0n) is 10.4. The number of anilines is 1. The van der Waals surface area contributed by atoms with Crippen LogP contribution in [0.1, 0.15) is 31.3 Å². The first-order chi connectivity index (χ1) is 7.93. The average Bonchev–Trinajstić information content (AvgIpc) is 2.60. The van der Waals surface area contributed by atoms with E-state index in [0.29, 0.717) is 12.2 Å². The summed E-state index contributed by atoms with van der Waals surface area (Å²) in [7, 11) is 0. The SMILES string of the molecule is Cc1cc(N2CCCC2(C)C(=O)O)nc(C)n1. The highest BCUT2D eigenvalue weighted by Gasteiger charge is 2.44. The number of hydrogen-bond donors (Lipinski definition) is 1. The highest BCUT2D eigenvalue weighted by molar-refractivity contribution is 5.83. The van der Waals surface area contributed by atoms with Crippen LogP contribution in [0.5, 0.6) is 0 Å². The zero-order valence-corrected chi connectivity index (χ0v) is 10.4. The molecule has 5 nitrogen and oxygen atoms in total. The molecule has 1 fully saturated rings. The molecule has 5 heteroatoms. The summed E-state index contributed by atoms with van der Waals surface area (Å²) in [5, 5.41) is 9.36. The predicted molar refractivity (Wildman–Crippen MR) is 64.1 cm³/mol. The lowest BCUT2D eigenvalue weighted by Crippen LogP contribution is -2.48. The summed E-state index contributed by atoms with van der Waals surface area (Å²) in [6.07, 6.45) is 1.54. The van der Waals surface area contributed by atoms with Crippen LogP contribution in [0.3, 0.4) is 0 Å². The Bertz CT molecular complexity index is 441. The third-order valence-corrected chi connectivity index (χ3v) is 3.33. The molecule has 0 aliphatic carbocycles. The van der Waals surface area contributed by atoms with Gasteiger partial charge in [0.1, 0.15) is 17.2 Å². The summed E-state index contributed by atoms with van der Waals surface area (Å²) < 4.78 is 0. The van der Waals surface area contributed by atoms with E-state index in [0.717, 1.165) is 24.5 Å². The Kier molecular flexibility index (Phi) is 2.77. The van der Waals surface area contributed by atoms with Gasteiger partial charge in [-0.25, -0.2) is 14.8 Å². The van der Waals surface area contributed by atoms with E-state index in [1.807, 2.05) is 24.8 Å². The first-order valence-corrected chi connectivity index (χ1v) is 5.77. The Labute approximate surface area is 100 Å². The molecule has 1 aliphatic heterocycles. The molecule has 0 radical (unpaired) electrons. The Morgan fingerprint density at radius 1 is 1.47 bits per heavy atom. The number of nitrogens with zero attached hydrogens (tertiary/aromatic N) is 3. The Hall–Kier alpha value is -1.65. The fraction of sp³-hybridized carbons (Fsp3) is 0.583. The van der Waals surface area contributed by atoms with Crippen LogP contribution in [0.25, 0.3) is 0 Å². The number of aryl methyl sites for hydroxylation is 2. The topological polar surface area (TPSA) is 66.3 Å². The Morgan fingerprint density at radius 2 is 2.18 bits per heavy atom. The molecule has 1 unspecified atom stereocenters. The molecule has 1 aromatic heterocycles. The van der Waals surface area contributed by atoms with Crippen molar-refractivity contribution >= 4 is 11.8 Å². The maximum atomic E-state index is 11.4. The number of rotatable bonds is 2. The van der Waals surface area contributed by atoms with Gasteiger partial charge in [0.05, 0.1) is 0 Å². The standard InChI is InChI=1S/C12H17N3O2/c1-8-7-10(14-9(2)13-8)15-6-4-5-12(15,3)11(16)17/h7H,4-6H2,1-3H3,(H,16,17). The van der Waals surface area contributed by atoms with Gasteiger partial charge in [0, 0.05) is 18.3 Å². The molecule has 2 heterocycles. The smallest absolute Gasteiger partial charge is 0.329 e. The lowest BCUT2D eigenvalue weighted by atomic mass is 9.99. The fourth-order valence-corrected chi connectivity index (χ4v) is 2.39. The van der Waals surface area contributed by atoms with Crippen LogP contribution in [0.2, 0.25) is 0 Å². The van der Waals surface area contributed by atoms with Crippen molar-refractivity contribution in [3.05, 3.63) is 17.6 Å². The summed E-state index contributed by atoms with van der Waals surface area (Å²) in [6, 6.07) is 1.85. The van der Waals surface area contributed by atoms with E-state index >= 15 is 0 Å². The largest absolute Gasteiger partial charge is 0.480 e. The van der Waals surface area contributed by atoms with E-state index in [-0.39, 0.29) is 0 Å². The van der Waals surface area contributed by atoms with Crippen LogP contribution in [0.4, 0.5) is 5.82 Å². The van der Waals surface area contributed by atoms with Gasteiger partial charge in [-0.2, -0.15) is 0 Å². The second kappa shape index (κ2) is 3.98. The highest BCUT2D eigenvalue weighted by atomic mass is 16.4. The van der Waals surface area contributed by atoms with Gasteiger partial charge in [0.25, 0.3) is 0 Å².